The van der Waals surface area contributed by atoms with Crippen molar-refractivity contribution in [1.29, 1.82) is 0 Å². The summed E-state index contributed by atoms with van der Waals surface area (Å²) in [4.78, 5) is 2.02. The second-order valence-corrected chi connectivity index (χ2v) is 3.80. The van der Waals surface area contributed by atoms with Gasteiger partial charge < -0.3 is 9.64 Å². The summed E-state index contributed by atoms with van der Waals surface area (Å²) in [6.07, 6.45) is 0. The zero-order valence-electron chi connectivity index (χ0n) is 8.54. The molecule has 14 heavy (non-hydrogen) atoms. The first kappa shape index (κ1) is 11.5. The molecule has 0 spiro atoms. The Balaban J connectivity index is 3.14. The Bertz CT molecular complexity index is 330. The molecule has 0 N–H and O–H groups in total. The minimum Gasteiger partial charge on any atom is -0.495 e. The summed E-state index contributed by atoms with van der Waals surface area (Å²) < 4.78 is 5.12. The highest BCUT2D eigenvalue weighted by Crippen LogP contribution is 2.32. The van der Waals surface area contributed by atoms with Crippen molar-refractivity contribution < 1.29 is 4.74 Å². The topological polar surface area (TPSA) is 12.5 Å². The lowest BCUT2D eigenvalue weighted by Gasteiger charge is -2.20. The maximum Gasteiger partial charge on any atom is 0.137 e. The SMILES string of the molecule is COc1cc(C)c(N(C)CS)cc1Cl. The van der Waals surface area contributed by atoms with Gasteiger partial charge in [-0.2, -0.15) is 12.6 Å². The Kier molecular flexibility index (Phi) is 3.96. The Morgan fingerprint density at radius 3 is 2.64 bits per heavy atom. The molecule has 1 rings (SSSR count). The third-order valence-electron chi connectivity index (χ3n) is 2.09. The van der Waals surface area contributed by atoms with Gasteiger partial charge in [0.1, 0.15) is 5.75 Å². The van der Waals surface area contributed by atoms with Crippen LogP contribution in [0.1, 0.15) is 5.56 Å². The molecule has 1 aromatic rings. The maximum atomic E-state index is 6.03. The predicted molar refractivity (Wildman–Crippen MR) is 65.0 cm³/mol. The van der Waals surface area contributed by atoms with E-state index in [1.54, 1.807) is 7.11 Å². The normalized spacial score (nSPS) is 10.1. The van der Waals surface area contributed by atoms with Crippen molar-refractivity contribution in [3.05, 3.63) is 22.7 Å². The average molecular weight is 232 g/mol. The largest absolute Gasteiger partial charge is 0.495 e. The van der Waals surface area contributed by atoms with E-state index in [2.05, 4.69) is 12.6 Å². The molecule has 0 amide bonds. The molecule has 0 unspecified atom stereocenters. The molecule has 0 radical (unpaired) electrons. The van der Waals surface area contributed by atoms with Gasteiger partial charge in [0.2, 0.25) is 0 Å². The fourth-order valence-corrected chi connectivity index (χ4v) is 1.68. The van der Waals surface area contributed by atoms with E-state index < -0.39 is 0 Å². The molecule has 4 heteroatoms. The van der Waals surface area contributed by atoms with Gasteiger partial charge in [0.15, 0.2) is 0 Å². The van der Waals surface area contributed by atoms with Crippen molar-refractivity contribution in [3.8, 4) is 5.75 Å². The van der Waals surface area contributed by atoms with E-state index in [4.69, 9.17) is 16.3 Å². The van der Waals surface area contributed by atoms with Crippen LogP contribution in [0.4, 0.5) is 5.69 Å². The minimum absolute atomic E-state index is 0.627. The van der Waals surface area contributed by atoms with Crippen molar-refractivity contribution in [3.63, 3.8) is 0 Å². The van der Waals surface area contributed by atoms with E-state index in [1.807, 2.05) is 31.0 Å². The lowest BCUT2D eigenvalue weighted by Crippen LogP contribution is -2.15. The number of aryl methyl sites for hydroxylation is 1. The predicted octanol–water partition coefficient (Wildman–Crippen LogP) is 2.98. The van der Waals surface area contributed by atoms with Crippen LogP contribution in [-0.2, 0) is 0 Å². The molecule has 0 fully saturated rings. The lowest BCUT2D eigenvalue weighted by atomic mass is 10.2. The summed E-state index contributed by atoms with van der Waals surface area (Å²) in [5.41, 5.74) is 2.20. The molecule has 0 atom stereocenters. The molecule has 0 saturated heterocycles. The number of rotatable bonds is 3. The van der Waals surface area contributed by atoms with Gasteiger partial charge in [0.05, 0.1) is 18.0 Å². The van der Waals surface area contributed by atoms with Gasteiger partial charge in [0.25, 0.3) is 0 Å². The smallest absolute Gasteiger partial charge is 0.137 e. The highest BCUT2D eigenvalue weighted by molar-refractivity contribution is 7.80. The van der Waals surface area contributed by atoms with E-state index in [1.165, 1.54) is 0 Å². The number of thiol groups is 1. The molecule has 0 saturated carbocycles. The summed E-state index contributed by atoms with van der Waals surface area (Å²) in [5.74, 6) is 1.37. The lowest BCUT2D eigenvalue weighted by molar-refractivity contribution is 0.414. The van der Waals surface area contributed by atoms with Crippen LogP contribution in [0.3, 0.4) is 0 Å². The van der Waals surface area contributed by atoms with Gasteiger partial charge in [-0.15, -0.1) is 0 Å². The number of benzene rings is 1. The highest BCUT2D eigenvalue weighted by atomic mass is 35.5. The maximum absolute atomic E-state index is 6.03. The molecule has 0 aliphatic heterocycles. The Morgan fingerprint density at radius 2 is 2.14 bits per heavy atom. The second-order valence-electron chi connectivity index (χ2n) is 3.11. The summed E-state index contributed by atoms with van der Waals surface area (Å²) in [6, 6.07) is 3.82. The van der Waals surface area contributed by atoms with E-state index in [0.717, 1.165) is 11.3 Å². The first-order chi connectivity index (χ1) is 6.60. The molecule has 1 aromatic carbocycles. The van der Waals surface area contributed by atoms with Crippen molar-refractivity contribution in [2.75, 3.05) is 24.9 Å². The fraction of sp³-hybridized carbons (Fsp3) is 0.400. The third kappa shape index (κ3) is 2.28. The number of methoxy groups -OCH3 is 1. The van der Waals surface area contributed by atoms with Crippen LogP contribution in [-0.4, -0.2) is 20.0 Å². The molecular weight excluding hydrogens is 218 g/mol. The van der Waals surface area contributed by atoms with Crippen LogP contribution >= 0.6 is 24.2 Å². The van der Waals surface area contributed by atoms with Crippen LogP contribution in [0.2, 0.25) is 5.02 Å². The number of halogens is 1. The molecular formula is C10H14ClNOS. The summed E-state index contributed by atoms with van der Waals surface area (Å²) in [6.45, 7) is 2.02. The minimum atomic E-state index is 0.627. The zero-order valence-corrected chi connectivity index (χ0v) is 10.2. The summed E-state index contributed by atoms with van der Waals surface area (Å²) in [7, 11) is 3.58. The number of nitrogens with zero attached hydrogens (tertiary/aromatic N) is 1. The van der Waals surface area contributed by atoms with Crippen LogP contribution in [0.15, 0.2) is 12.1 Å². The molecule has 2 nitrogen and oxygen atoms in total. The van der Waals surface area contributed by atoms with Crippen molar-refractivity contribution in [2.24, 2.45) is 0 Å². The van der Waals surface area contributed by atoms with Crippen molar-refractivity contribution in [1.82, 2.24) is 0 Å². The van der Waals surface area contributed by atoms with Crippen molar-refractivity contribution >= 4 is 29.9 Å². The summed E-state index contributed by atoms with van der Waals surface area (Å²) in [5, 5.41) is 0.627. The second kappa shape index (κ2) is 4.80. The van der Waals surface area contributed by atoms with Gasteiger partial charge in [-0.05, 0) is 24.6 Å². The molecule has 0 aliphatic rings. The molecule has 0 aliphatic carbocycles. The first-order valence-electron chi connectivity index (χ1n) is 4.26. The monoisotopic (exact) mass is 231 g/mol. The van der Waals surface area contributed by atoms with Gasteiger partial charge in [-0.3, -0.25) is 0 Å². The van der Waals surface area contributed by atoms with Crippen molar-refractivity contribution in [2.45, 2.75) is 6.92 Å². The standard InChI is InChI=1S/C10H14ClNOS/c1-7-4-10(13-3)8(11)5-9(7)12(2)6-14/h4-5,14H,6H2,1-3H3. The van der Waals surface area contributed by atoms with E-state index in [0.29, 0.717) is 16.6 Å². The third-order valence-corrected chi connectivity index (χ3v) is 2.81. The van der Waals surface area contributed by atoms with E-state index >= 15 is 0 Å². The Morgan fingerprint density at radius 1 is 1.50 bits per heavy atom. The van der Waals surface area contributed by atoms with Crippen LogP contribution in [0.25, 0.3) is 0 Å². The number of anilines is 1. The van der Waals surface area contributed by atoms with Crippen LogP contribution in [0, 0.1) is 6.92 Å². The van der Waals surface area contributed by atoms with E-state index in [9.17, 15) is 0 Å². The molecule has 78 valence electrons. The average Bonchev–Trinajstić information content (AvgIpc) is 2.19. The first-order valence-corrected chi connectivity index (χ1v) is 5.27. The molecule has 0 bridgehead atoms. The fourth-order valence-electron chi connectivity index (χ4n) is 1.29. The number of ether oxygens (including phenoxy) is 1. The molecule has 0 aromatic heterocycles. The Labute approximate surface area is 95.2 Å². The van der Waals surface area contributed by atoms with Gasteiger partial charge in [0, 0.05) is 12.7 Å². The van der Waals surface area contributed by atoms with Gasteiger partial charge in [-0.1, -0.05) is 11.6 Å². The zero-order chi connectivity index (χ0) is 10.7. The molecule has 0 heterocycles. The summed E-state index contributed by atoms with van der Waals surface area (Å²) >= 11 is 10.2. The van der Waals surface area contributed by atoms with Gasteiger partial charge in [-0.25, -0.2) is 0 Å². The van der Waals surface area contributed by atoms with Crippen LogP contribution < -0.4 is 9.64 Å². The Hall–Kier alpha value is -0.540. The highest BCUT2D eigenvalue weighted by Gasteiger charge is 2.08. The van der Waals surface area contributed by atoms with E-state index in [-0.39, 0.29) is 0 Å². The quantitative estimate of drug-likeness (QED) is 0.634. The number of hydrogen-bond donors (Lipinski definition) is 1. The van der Waals surface area contributed by atoms with Crippen LogP contribution in [0.5, 0.6) is 5.75 Å². The number of hydrogen-bond acceptors (Lipinski definition) is 3. The van der Waals surface area contributed by atoms with Gasteiger partial charge >= 0.3 is 0 Å².